The van der Waals surface area contributed by atoms with Crippen LogP contribution >= 0.6 is 0 Å². The molecule has 0 radical (unpaired) electrons. The van der Waals surface area contributed by atoms with Gasteiger partial charge in [0.2, 0.25) is 5.60 Å². The molecule has 1 atom stereocenters. The molecule has 0 aliphatic heterocycles. The third-order valence-electron chi connectivity index (χ3n) is 6.61. The Hall–Kier alpha value is -1.71. The zero-order chi connectivity index (χ0) is 29.9. The first-order valence-corrected chi connectivity index (χ1v) is 14.9. The maximum Gasteiger partial charge on any atom is 0.370 e. The van der Waals surface area contributed by atoms with Gasteiger partial charge in [-0.15, -0.1) is 0 Å². The van der Waals surface area contributed by atoms with E-state index in [-0.39, 0.29) is 19.8 Å². The summed E-state index contributed by atoms with van der Waals surface area (Å²) >= 11 is 0. The molecule has 0 saturated heterocycles. The summed E-state index contributed by atoms with van der Waals surface area (Å²) in [6.07, 6.45) is 8.66. The van der Waals surface area contributed by atoms with Crippen molar-refractivity contribution in [3.8, 4) is 0 Å². The number of esters is 3. The Balaban J connectivity index is 5.14. The van der Waals surface area contributed by atoms with Crippen LogP contribution in [0.2, 0.25) is 0 Å². The Morgan fingerprint density at radius 3 is 1.28 bits per heavy atom. The molecule has 230 valence electrons. The third-order valence-corrected chi connectivity index (χ3v) is 6.61. The molecule has 0 aromatic carbocycles. The molecule has 3 N–H and O–H groups in total. The van der Waals surface area contributed by atoms with Gasteiger partial charge in [-0.1, -0.05) is 99.3 Å². The zero-order valence-electron chi connectivity index (χ0n) is 25.3. The predicted octanol–water partition coefficient (Wildman–Crippen LogP) is 5.07. The average molecular weight is 561 g/mol. The normalized spacial score (nSPS) is 13.5. The summed E-state index contributed by atoms with van der Waals surface area (Å²) < 4.78 is 15.2. The van der Waals surface area contributed by atoms with Gasteiger partial charge >= 0.3 is 23.7 Å². The predicted molar refractivity (Wildman–Crippen MR) is 150 cm³/mol. The van der Waals surface area contributed by atoms with Crippen LogP contribution in [0.5, 0.6) is 0 Å². The summed E-state index contributed by atoms with van der Waals surface area (Å²) in [6, 6.07) is 0. The molecule has 0 saturated carbocycles. The quantitative estimate of drug-likeness (QED) is 0.0676. The highest BCUT2D eigenvalue weighted by molar-refractivity contribution is 5.94. The van der Waals surface area contributed by atoms with E-state index in [9.17, 15) is 29.7 Å². The fourth-order valence-electron chi connectivity index (χ4n) is 4.00. The zero-order valence-corrected chi connectivity index (χ0v) is 25.3. The minimum absolute atomic E-state index is 0.0442. The van der Waals surface area contributed by atoms with Crippen molar-refractivity contribution in [1.29, 1.82) is 0 Å². The fraction of sp³-hybridized carbons (Fsp3) is 0.900. The van der Waals surface area contributed by atoms with Gasteiger partial charge in [-0.2, -0.15) is 0 Å². The lowest BCUT2D eigenvalue weighted by Crippen LogP contribution is -2.65. The first kappa shape index (κ1) is 37.3. The highest BCUT2D eigenvalue weighted by atomic mass is 16.6. The number of carbonyl (C=O) groups excluding carboxylic acids is 3. The van der Waals surface area contributed by atoms with Crippen molar-refractivity contribution >= 4 is 17.9 Å². The van der Waals surface area contributed by atoms with Crippen LogP contribution in [0.4, 0.5) is 0 Å². The minimum Gasteiger partial charge on any atom is -0.466 e. The topological polar surface area (TPSA) is 140 Å². The van der Waals surface area contributed by atoms with Gasteiger partial charge in [0, 0.05) is 0 Å². The molecule has 0 amide bonds. The molecular formula is C30H56O9. The van der Waals surface area contributed by atoms with E-state index >= 15 is 0 Å². The molecular weight excluding hydrogens is 504 g/mol. The first-order chi connectivity index (χ1) is 18.2. The number of hydrogen-bond donors (Lipinski definition) is 3. The maximum absolute atomic E-state index is 12.8. The summed E-state index contributed by atoms with van der Waals surface area (Å²) in [5.41, 5.74) is -3.28. The van der Waals surface area contributed by atoms with Gasteiger partial charge < -0.3 is 29.5 Å². The van der Waals surface area contributed by atoms with Crippen molar-refractivity contribution in [2.75, 3.05) is 19.8 Å². The van der Waals surface area contributed by atoms with Gasteiger partial charge in [0.05, 0.1) is 26.2 Å². The molecule has 0 bridgehead atoms. The van der Waals surface area contributed by atoms with Crippen molar-refractivity contribution in [3.05, 3.63) is 0 Å². The standard InChI is InChI=1S/C30H56O9/c1-23(2)16-10-7-13-19-37-26(31)22-29(34,27(32)38-20-14-8-11-17-24(3)4)30(35,36)28(33)39-21-15-9-12-18-25(5)6/h23-25,34-36H,7-22H2,1-6H3. The SMILES string of the molecule is CC(C)CCCCCOC(=O)CC(O)(C(=O)OCCCCCC(C)C)C(O)(O)C(=O)OCCCCCC(C)C. The molecule has 39 heavy (non-hydrogen) atoms. The molecule has 0 aliphatic carbocycles. The number of rotatable bonds is 23. The van der Waals surface area contributed by atoms with Gasteiger partial charge in [-0.05, 0) is 37.0 Å². The second kappa shape index (κ2) is 20.2. The van der Waals surface area contributed by atoms with Gasteiger partial charge in [-0.3, -0.25) is 4.79 Å². The van der Waals surface area contributed by atoms with E-state index in [2.05, 4.69) is 41.5 Å². The van der Waals surface area contributed by atoms with Gasteiger partial charge in [0.15, 0.2) is 0 Å². The number of carbonyl (C=O) groups is 3. The van der Waals surface area contributed by atoms with Crippen LogP contribution < -0.4 is 0 Å². The molecule has 0 fully saturated rings. The highest BCUT2D eigenvalue weighted by Gasteiger charge is 2.63. The van der Waals surface area contributed by atoms with E-state index in [1.807, 2.05) is 0 Å². The van der Waals surface area contributed by atoms with Crippen molar-refractivity contribution in [2.45, 2.75) is 136 Å². The van der Waals surface area contributed by atoms with Crippen LogP contribution in [0, 0.1) is 17.8 Å². The maximum atomic E-state index is 12.8. The van der Waals surface area contributed by atoms with Crippen molar-refractivity contribution < 1.29 is 43.9 Å². The molecule has 0 heterocycles. The van der Waals surface area contributed by atoms with Crippen molar-refractivity contribution in [3.63, 3.8) is 0 Å². The molecule has 9 nitrogen and oxygen atoms in total. The molecule has 0 aromatic rings. The van der Waals surface area contributed by atoms with Crippen LogP contribution in [0.3, 0.4) is 0 Å². The van der Waals surface area contributed by atoms with E-state index < -0.39 is 35.7 Å². The Morgan fingerprint density at radius 2 is 0.897 bits per heavy atom. The summed E-state index contributed by atoms with van der Waals surface area (Å²) in [5, 5.41) is 32.3. The largest absolute Gasteiger partial charge is 0.466 e. The Labute approximate surface area is 236 Å². The van der Waals surface area contributed by atoms with Crippen molar-refractivity contribution in [1.82, 2.24) is 0 Å². The average Bonchev–Trinajstić information content (AvgIpc) is 2.84. The molecule has 0 aliphatic rings. The molecule has 1 unspecified atom stereocenters. The summed E-state index contributed by atoms with van der Waals surface area (Å²) in [6.45, 7) is 12.5. The van der Waals surface area contributed by atoms with Gasteiger partial charge in [0.25, 0.3) is 0 Å². The summed E-state index contributed by atoms with van der Waals surface area (Å²) in [5.74, 6) is -6.19. The number of hydrogen-bond acceptors (Lipinski definition) is 9. The minimum atomic E-state index is -3.70. The molecule has 9 heteroatoms. The van der Waals surface area contributed by atoms with Crippen LogP contribution in [0.25, 0.3) is 0 Å². The lowest BCUT2D eigenvalue weighted by atomic mass is 9.89. The first-order valence-electron chi connectivity index (χ1n) is 14.9. The van der Waals surface area contributed by atoms with Crippen LogP contribution in [-0.2, 0) is 28.6 Å². The highest BCUT2D eigenvalue weighted by Crippen LogP contribution is 2.28. The lowest BCUT2D eigenvalue weighted by Gasteiger charge is -2.34. The Morgan fingerprint density at radius 1 is 0.538 bits per heavy atom. The smallest absolute Gasteiger partial charge is 0.370 e. The fourth-order valence-corrected chi connectivity index (χ4v) is 4.00. The second-order valence-electron chi connectivity index (χ2n) is 11.9. The molecule has 0 rings (SSSR count). The van der Waals surface area contributed by atoms with E-state index in [1.165, 1.54) is 0 Å². The number of aliphatic hydroxyl groups is 3. The molecule has 0 spiro atoms. The number of ether oxygens (including phenoxy) is 3. The van der Waals surface area contributed by atoms with E-state index in [1.54, 1.807) is 0 Å². The Bertz CT molecular complexity index is 688. The monoisotopic (exact) mass is 560 g/mol. The van der Waals surface area contributed by atoms with Crippen molar-refractivity contribution in [2.24, 2.45) is 17.8 Å². The summed E-state index contributed by atoms with van der Waals surface area (Å²) in [4.78, 5) is 37.9. The second-order valence-corrected chi connectivity index (χ2v) is 11.9. The van der Waals surface area contributed by atoms with Crippen LogP contribution in [0.15, 0.2) is 0 Å². The summed E-state index contributed by atoms with van der Waals surface area (Å²) in [7, 11) is 0. The van der Waals surface area contributed by atoms with Crippen LogP contribution in [-0.4, -0.2) is 64.4 Å². The van der Waals surface area contributed by atoms with Gasteiger partial charge in [-0.25, -0.2) is 9.59 Å². The van der Waals surface area contributed by atoms with E-state index in [0.29, 0.717) is 37.0 Å². The lowest BCUT2D eigenvalue weighted by molar-refractivity contribution is -0.277. The van der Waals surface area contributed by atoms with E-state index in [0.717, 1.165) is 57.8 Å². The van der Waals surface area contributed by atoms with Gasteiger partial charge in [0.1, 0.15) is 0 Å². The third kappa shape index (κ3) is 16.2. The Kier molecular flexibility index (Phi) is 19.3. The molecule has 0 aromatic heterocycles. The van der Waals surface area contributed by atoms with Crippen LogP contribution in [0.1, 0.15) is 125 Å². The number of unbranched alkanes of at least 4 members (excludes halogenated alkanes) is 6. The van der Waals surface area contributed by atoms with E-state index in [4.69, 9.17) is 14.2 Å².